The van der Waals surface area contributed by atoms with Gasteiger partial charge < -0.3 is 15.6 Å². The number of halogens is 1. The lowest BCUT2D eigenvalue weighted by Crippen LogP contribution is -2.13. The molecule has 5 aromatic rings. The normalized spacial score (nSPS) is 12.7. The van der Waals surface area contributed by atoms with Crippen molar-refractivity contribution in [3.8, 4) is 0 Å². The van der Waals surface area contributed by atoms with Crippen molar-refractivity contribution in [1.82, 2.24) is 33.5 Å². The van der Waals surface area contributed by atoms with Crippen LogP contribution in [0.2, 0.25) is 0 Å². The Morgan fingerprint density at radius 3 is 2.39 bits per heavy atom. The lowest BCUT2D eigenvalue weighted by molar-refractivity contribution is 0.588. The minimum Gasteiger partial charge on any atom is -0.368 e. The molecule has 0 radical (unpaired) electrons. The maximum atomic E-state index is 13.7. The van der Waals surface area contributed by atoms with Gasteiger partial charge in [-0.2, -0.15) is 9.97 Å². The van der Waals surface area contributed by atoms with E-state index in [2.05, 4.69) is 30.2 Å². The van der Waals surface area contributed by atoms with Crippen molar-refractivity contribution in [1.29, 1.82) is 0 Å². The van der Waals surface area contributed by atoms with Crippen LogP contribution in [0.15, 0.2) is 60.3 Å². The first-order chi connectivity index (χ1) is 17.1. The summed E-state index contributed by atoms with van der Waals surface area (Å²) in [6.07, 6.45) is 6.91. The van der Waals surface area contributed by atoms with Crippen molar-refractivity contribution >= 4 is 38.6 Å². The van der Waals surface area contributed by atoms with Gasteiger partial charge in [-0.3, -0.25) is 0 Å². The number of fused-ring (bicyclic) bond motifs is 1. The highest BCUT2D eigenvalue weighted by molar-refractivity contribution is 7.90. The summed E-state index contributed by atoms with van der Waals surface area (Å²) in [6.45, 7) is 3.65. The number of nitrogens with two attached hydrogens (primary N) is 1. The average molecular weight is 508 g/mol. The number of aryl methyl sites for hydroxylation is 2. The van der Waals surface area contributed by atoms with Gasteiger partial charge in [0.05, 0.1) is 29.0 Å². The summed E-state index contributed by atoms with van der Waals surface area (Å²) in [5.41, 5.74) is 7.50. The van der Waals surface area contributed by atoms with E-state index in [1.54, 1.807) is 36.1 Å². The van der Waals surface area contributed by atoms with Gasteiger partial charge in [-0.15, -0.1) is 0 Å². The molecule has 1 atom stereocenters. The van der Waals surface area contributed by atoms with Crippen molar-refractivity contribution in [3.05, 3.63) is 78.1 Å². The van der Waals surface area contributed by atoms with Gasteiger partial charge >= 0.3 is 0 Å². The molecule has 0 saturated carbocycles. The number of nitrogen functional groups attached to an aromatic ring is 1. The molecule has 13 heteroatoms. The Hall–Kier alpha value is -4.39. The molecule has 0 spiro atoms. The third-order valence-electron chi connectivity index (χ3n) is 5.68. The summed E-state index contributed by atoms with van der Waals surface area (Å²) in [6, 6.07) is 6.48. The summed E-state index contributed by atoms with van der Waals surface area (Å²) in [5, 5.41) is 3.50. The zero-order chi connectivity index (χ0) is 25.6. The Labute approximate surface area is 205 Å². The third-order valence-corrected chi connectivity index (χ3v) is 7.35. The molecule has 0 bridgehead atoms. The molecule has 4 aromatic heterocycles. The standard InChI is InChI=1S/C23H22FN9O2S/c1-13-4-6-16(7-5-13)36(34,35)33-10-17(14(2)20-26-8-15(24)9-27-20)19-21(30-23(25)31-22(19)33)29-18-11-32(3)12-28-18/h4-12,14H,1-3H3,(H3,25,29,30,31)/t14-/m1/s1. The molecule has 0 unspecified atom stereocenters. The van der Waals surface area contributed by atoms with Gasteiger partial charge in [0.1, 0.15) is 17.5 Å². The van der Waals surface area contributed by atoms with Crippen LogP contribution in [0.25, 0.3) is 11.0 Å². The molecule has 184 valence electrons. The minimum absolute atomic E-state index is 0.0745. The number of aromatic nitrogens is 7. The molecule has 5 rings (SSSR count). The number of benzene rings is 1. The molecular weight excluding hydrogens is 485 g/mol. The Kier molecular flexibility index (Phi) is 5.63. The van der Waals surface area contributed by atoms with E-state index in [1.165, 1.54) is 18.3 Å². The van der Waals surface area contributed by atoms with Crippen LogP contribution in [0.3, 0.4) is 0 Å². The molecule has 0 amide bonds. The number of imidazole rings is 1. The Balaban J connectivity index is 1.77. The van der Waals surface area contributed by atoms with E-state index in [0.29, 0.717) is 22.6 Å². The number of anilines is 3. The summed E-state index contributed by atoms with van der Waals surface area (Å²) in [4.78, 5) is 21.1. The highest BCUT2D eigenvalue weighted by Crippen LogP contribution is 2.37. The number of nitrogens with zero attached hydrogens (tertiary/aromatic N) is 7. The van der Waals surface area contributed by atoms with E-state index in [9.17, 15) is 12.8 Å². The molecular formula is C23H22FN9O2S. The maximum Gasteiger partial charge on any atom is 0.269 e. The van der Waals surface area contributed by atoms with Gasteiger partial charge in [0.15, 0.2) is 11.5 Å². The van der Waals surface area contributed by atoms with Crippen molar-refractivity contribution in [2.45, 2.75) is 24.7 Å². The molecule has 11 nitrogen and oxygen atoms in total. The predicted molar refractivity (Wildman–Crippen MR) is 132 cm³/mol. The van der Waals surface area contributed by atoms with Crippen molar-refractivity contribution in [2.24, 2.45) is 7.05 Å². The van der Waals surface area contributed by atoms with Crippen LogP contribution in [0.1, 0.15) is 29.8 Å². The van der Waals surface area contributed by atoms with E-state index in [-0.39, 0.29) is 22.3 Å². The van der Waals surface area contributed by atoms with Crippen LogP contribution in [-0.2, 0) is 17.1 Å². The first-order valence-electron chi connectivity index (χ1n) is 10.9. The van der Waals surface area contributed by atoms with Crippen LogP contribution in [0.4, 0.5) is 22.0 Å². The average Bonchev–Trinajstić information content (AvgIpc) is 3.43. The lowest BCUT2D eigenvalue weighted by Gasteiger charge is -2.11. The van der Waals surface area contributed by atoms with Crippen molar-refractivity contribution in [3.63, 3.8) is 0 Å². The van der Waals surface area contributed by atoms with Gasteiger partial charge in [0.25, 0.3) is 10.0 Å². The fourth-order valence-corrected chi connectivity index (χ4v) is 5.17. The second-order valence-corrected chi connectivity index (χ2v) is 10.2. The monoisotopic (exact) mass is 507 g/mol. The summed E-state index contributed by atoms with van der Waals surface area (Å²) < 4.78 is 43.7. The Morgan fingerprint density at radius 2 is 1.75 bits per heavy atom. The van der Waals surface area contributed by atoms with Gasteiger partial charge in [-0.25, -0.2) is 31.7 Å². The maximum absolute atomic E-state index is 13.7. The van der Waals surface area contributed by atoms with Crippen LogP contribution in [0, 0.1) is 12.7 Å². The molecule has 0 aliphatic rings. The second kappa shape index (κ2) is 8.68. The SMILES string of the molecule is Cc1ccc(S(=O)(=O)n2cc([C@@H](C)c3ncc(F)cn3)c3c(Nc4cn(C)cn4)nc(N)nc32)cc1. The van der Waals surface area contributed by atoms with E-state index in [1.807, 2.05) is 14.0 Å². The van der Waals surface area contributed by atoms with Crippen LogP contribution < -0.4 is 11.1 Å². The van der Waals surface area contributed by atoms with E-state index < -0.39 is 21.8 Å². The highest BCUT2D eigenvalue weighted by atomic mass is 32.2. The van der Waals surface area contributed by atoms with Crippen molar-refractivity contribution < 1.29 is 12.8 Å². The molecule has 0 saturated heterocycles. The molecule has 3 N–H and O–H groups in total. The molecule has 1 aromatic carbocycles. The van der Waals surface area contributed by atoms with Crippen molar-refractivity contribution in [2.75, 3.05) is 11.1 Å². The molecule has 4 heterocycles. The Bertz CT molecular complexity index is 1680. The summed E-state index contributed by atoms with van der Waals surface area (Å²) in [5.74, 6) is -0.218. The van der Waals surface area contributed by atoms with E-state index >= 15 is 0 Å². The molecule has 0 aliphatic heterocycles. The predicted octanol–water partition coefficient (Wildman–Crippen LogP) is 3.12. The van der Waals surface area contributed by atoms with Gasteiger partial charge in [0.2, 0.25) is 5.95 Å². The first-order valence-corrected chi connectivity index (χ1v) is 12.3. The number of nitrogens with one attached hydrogen (secondary N) is 1. The first kappa shape index (κ1) is 23.4. The van der Waals surface area contributed by atoms with Crippen LogP contribution in [-0.4, -0.2) is 41.9 Å². The topological polar surface area (TPSA) is 146 Å². The lowest BCUT2D eigenvalue weighted by atomic mass is 10.0. The molecule has 36 heavy (non-hydrogen) atoms. The highest BCUT2D eigenvalue weighted by Gasteiger charge is 2.28. The fraction of sp³-hybridized carbons (Fsp3) is 0.174. The fourth-order valence-electron chi connectivity index (χ4n) is 3.85. The summed E-state index contributed by atoms with van der Waals surface area (Å²) >= 11 is 0. The third kappa shape index (κ3) is 4.13. The van der Waals surface area contributed by atoms with Gasteiger partial charge in [-0.05, 0) is 24.6 Å². The van der Waals surface area contributed by atoms with Crippen LogP contribution >= 0.6 is 0 Å². The molecule has 0 aliphatic carbocycles. The number of hydrogen-bond donors (Lipinski definition) is 2. The number of hydrogen-bond acceptors (Lipinski definition) is 9. The van der Waals surface area contributed by atoms with Gasteiger partial charge in [-0.1, -0.05) is 24.6 Å². The quantitative estimate of drug-likeness (QED) is 0.354. The smallest absolute Gasteiger partial charge is 0.269 e. The summed E-state index contributed by atoms with van der Waals surface area (Å²) in [7, 11) is -2.25. The second-order valence-electron chi connectivity index (χ2n) is 8.36. The molecule has 0 fully saturated rings. The van der Waals surface area contributed by atoms with E-state index in [0.717, 1.165) is 21.9 Å². The zero-order valence-electron chi connectivity index (χ0n) is 19.6. The van der Waals surface area contributed by atoms with Crippen LogP contribution in [0.5, 0.6) is 0 Å². The zero-order valence-corrected chi connectivity index (χ0v) is 20.4. The van der Waals surface area contributed by atoms with Gasteiger partial charge in [0, 0.05) is 25.4 Å². The largest absolute Gasteiger partial charge is 0.368 e. The number of rotatable bonds is 6. The Morgan fingerprint density at radius 1 is 1.06 bits per heavy atom. The minimum atomic E-state index is -4.06. The van der Waals surface area contributed by atoms with E-state index in [4.69, 9.17) is 5.73 Å².